The van der Waals surface area contributed by atoms with Gasteiger partial charge in [0.2, 0.25) is 0 Å². The molecule has 1 N–H and O–H groups in total. The summed E-state index contributed by atoms with van der Waals surface area (Å²) in [6.07, 6.45) is -9.34. The predicted molar refractivity (Wildman–Crippen MR) is 122 cm³/mol. The number of likely N-dealkylation sites (N-methyl/N-ethyl adjacent to an activating group) is 1. The van der Waals surface area contributed by atoms with Crippen molar-refractivity contribution in [3.8, 4) is 0 Å². The third-order valence-corrected chi connectivity index (χ3v) is 6.75. The summed E-state index contributed by atoms with van der Waals surface area (Å²) in [6.45, 7) is 0.748. The Hall–Kier alpha value is -2.17. The average molecular weight is 542 g/mol. The molecule has 12 heteroatoms. The molecule has 0 bridgehead atoms. The number of alkyl halides is 6. The molecule has 3 rings (SSSR count). The summed E-state index contributed by atoms with van der Waals surface area (Å²) >= 11 is 12.2. The van der Waals surface area contributed by atoms with Crippen molar-refractivity contribution in [1.29, 1.82) is 0 Å². The van der Waals surface area contributed by atoms with Gasteiger partial charge in [0, 0.05) is 39.1 Å². The third kappa shape index (κ3) is 6.54. The van der Waals surface area contributed by atoms with Crippen LogP contribution in [0.3, 0.4) is 0 Å². The Morgan fingerprint density at radius 2 is 1.57 bits per heavy atom. The minimum atomic E-state index is -4.96. The average Bonchev–Trinajstić information content (AvgIpc) is 2.78. The number of nitrogens with one attached hydrogen (secondary N) is 1. The maximum absolute atomic E-state index is 13.2. The van der Waals surface area contributed by atoms with E-state index in [9.17, 15) is 31.1 Å². The van der Waals surface area contributed by atoms with E-state index in [0.717, 1.165) is 10.5 Å². The third-order valence-electron chi connectivity index (χ3n) is 6.01. The number of carbonyl (C=O) groups excluding carboxylic acids is 1. The Kier molecular flexibility index (Phi) is 8.18. The first-order valence-corrected chi connectivity index (χ1v) is 11.4. The fraction of sp³-hybridized carbons (Fsp3) is 0.435. The minimum Gasteiger partial charge on any atom is -0.324 e. The maximum Gasteiger partial charge on any atom is 0.416 e. The lowest BCUT2D eigenvalue weighted by molar-refractivity contribution is -0.143. The Balaban J connectivity index is 1.82. The molecule has 2 amide bonds. The van der Waals surface area contributed by atoms with Crippen LogP contribution in [0.5, 0.6) is 0 Å². The summed E-state index contributed by atoms with van der Waals surface area (Å²) in [4.78, 5) is 15.7. The van der Waals surface area contributed by atoms with Crippen molar-refractivity contribution in [2.24, 2.45) is 0 Å². The molecule has 0 spiro atoms. The van der Waals surface area contributed by atoms with Crippen molar-refractivity contribution in [2.75, 3.05) is 27.2 Å². The van der Waals surface area contributed by atoms with Gasteiger partial charge in [0.25, 0.3) is 0 Å². The van der Waals surface area contributed by atoms with Crippen LogP contribution in [0, 0.1) is 0 Å². The fourth-order valence-corrected chi connectivity index (χ4v) is 4.56. The van der Waals surface area contributed by atoms with E-state index in [1.807, 2.05) is 6.07 Å². The number of rotatable bonds is 4. The lowest BCUT2D eigenvalue weighted by Gasteiger charge is -2.40. The number of hydrogen-bond donors (Lipinski definition) is 1. The van der Waals surface area contributed by atoms with Gasteiger partial charge in [-0.3, -0.25) is 0 Å². The van der Waals surface area contributed by atoms with E-state index in [2.05, 4.69) is 5.32 Å². The number of piperidine rings is 1. The van der Waals surface area contributed by atoms with Gasteiger partial charge in [0.1, 0.15) is 0 Å². The van der Waals surface area contributed by atoms with E-state index in [-0.39, 0.29) is 23.6 Å². The zero-order valence-electron chi connectivity index (χ0n) is 18.8. The molecule has 0 aliphatic carbocycles. The quantitative estimate of drug-likeness (QED) is 0.439. The summed E-state index contributed by atoms with van der Waals surface area (Å²) in [5, 5.41) is 4.01. The van der Waals surface area contributed by atoms with E-state index in [0.29, 0.717) is 41.7 Å². The van der Waals surface area contributed by atoms with Crippen molar-refractivity contribution in [1.82, 2.24) is 15.1 Å². The molecule has 2 aromatic rings. The molecule has 1 fully saturated rings. The first-order chi connectivity index (χ1) is 16.2. The number of amides is 2. The van der Waals surface area contributed by atoms with E-state index in [1.54, 1.807) is 19.2 Å². The monoisotopic (exact) mass is 541 g/mol. The molecule has 192 valence electrons. The molecule has 2 unspecified atom stereocenters. The molecular weight excluding hydrogens is 519 g/mol. The van der Waals surface area contributed by atoms with Gasteiger partial charge in [0.15, 0.2) is 0 Å². The molecule has 1 aliphatic rings. The first kappa shape index (κ1) is 27.4. The second-order valence-corrected chi connectivity index (χ2v) is 9.32. The number of nitrogens with zero attached hydrogens (tertiary/aromatic N) is 2. The van der Waals surface area contributed by atoms with E-state index < -0.39 is 36.1 Å². The number of halogens is 8. The summed E-state index contributed by atoms with van der Waals surface area (Å²) < 4.78 is 79.1. The molecular formula is C23H23Cl2F6N3O. The molecule has 0 radical (unpaired) electrons. The number of carbonyl (C=O) groups is 1. The molecule has 1 saturated heterocycles. The highest BCUT2D eigenvalue weighted by Gasteiger charge is 2.37. The predicted octanol–water partition coefficient (Wildman–Crippen LogP) is 6.66. The van der Waals surface area contributed by atoms with Gasteiger partial charge in [0.05, 0.1) is 21.2 Å². The van der Waals surface area contributed by atoms with E-state index in [1.165, 1.54) is 11.9 Å². The van der Waals surface area contributed by atoms with Crippen LogP contribution in [0.4, 0.5) is 31.1 Å². The molecule has 2 aromatic carbocycles. The maximum atomic E-state index is 13.2. The molecule has 0 aromatic heterocycles. The van der Waals surface area contributed by atoms with E-state index >= 15 is 0 Å². The van der Waals surface area contributed by atoms with Crippen LogP contribution in [-0.2, 0) is 18.9 Å². The van der Waals surface area contributed by atoms with Crippen LogP contribution in [0.2, 0.25) is 10.0 Å². The van der Waals surface area contributed by atoms with Gasteiger partial charge < -0.3 is 15.1 Å². The van der Waals surface area contributed by atoms with Gasteiger partial charge >= 0.3 is 18.4 Å². The van der Waals surface area contributed by atoms with Gasteiger partial charge in [-0.25, -0.2) is 4.79 Å². The van der Waals surface area contributed by atoms with Crippen LogP contribution in [0.1, 0.15) is 34.6 Å². The molecule has 0 saturated carbocycles. The molecule has 2 atom stereocenters. The fourth-order valence-electron chi connectivity index (χ4n) is 4.25. The van der Waals surface area contributed by atoms with Crippen LogP contribution >= 0.6 is 23.2 Å². The van der Waals surface area contributed by atoms with Gasteiger partial charge in [-0.1, -0.05) is 29.3 Å². The highest BCUT2D eigenvalue weighted by molar-refractivity contribution is 6.42. The van der Waals surface area contributed by atoms with Crippen molar-refractivity contribution in [3.05, 3.63) is 68.7 Å². The molecule has 35 heavy (non-hydrogen) atoms. The second-order valence-electron chi connectivity index (χ2n) is 8.50. The standard InChI is InChI=1S/C23H23Cl2F6N3O/c1-33(12-13-7-15(22(26,27)28)10-16(8-13)23(29,30)31)21(35)34(2)20-5-6-32-11-17(20)14-3-4-18(24)19(25)9-14/h3-4,7-10,17,20,32H,5-6,11-12H2,1-2H3. The zero-order valence-corrected chi connectivity index (χ0v) is 20.3. The van der Waals surface area contributed by atoms with Crippen molar-refractivity contribution < 1.29 is 31.1 Å². The minimum absolute atomic E-state index is 0.0638. The van der Waals surface area contributed by atoms with Crippen LogP contribution in [-0.4, -0.2) is 49.1 Å². The molecule has 1 aliphatic heterocycles. The van der Waals surface area contributed by atoms with E-state index in [4.69, 9.17) is 23.2 Å². The van der Waals surface area contributed by atoms with Crippen LogP contribution < -0.4 is 5.32 Å². The number of benzene rings is 2. The second kappa shape index (κ2) is 10.4. The Labute approximate surface area is 208 Å². The van der Waals surface area contributed by atoms with Crippen LogP contribution in [0.25, 0.3) is 0 Å². The summed E-state index contributed by atoms with van der Waals surface area (Å²) in [5.41, 5.74) is -2.27. The lowest BCUT2D eigenvalue weighted by Crippen LogP contribution is -2.51. The SMILES string of the molecule is CN(Cc1cc(C(F)(F)F)cc(C(F)(F)F)c1)C(=O)N(C)C1CCNCC1c1ccc(Cl)c(Cl)c1. The smallest absolute Gasteiger partial charge is 0.324 e. The van der Waals surface area contributed by atoms with Gasteiger partial charge in [-0.15, -0.1) is 0 Å². The first-order valence-electron chi connectivity index (χ1n) is 10.6. The van der Waals surface area contributed by atoms with Crippen molar-refractivity contribution >= 4 is 29.2 Å². The van der Waals surface area contributed by atoms with Crippen molar-refractivity contribution in [2.45, 2.75) is 37.3 Å². The molecule has 1 heterocycles. The summed E-state index contributed by atoms with van der Waals surface area (Å²) in [7, 11) is 2.90. The highest BCUT2D eigenvalue weighted by Crippen LogP contribution is 2.37. The summed E-state index contributed by atoms with van der Waals surface area (Å²) in [5.74, 6) is -0.147. The Morgan fingerprint density at radius 3 is 2.11 bits per heavy atom. The van der Waals surface area contributed by atoms with Gasteiger partial charge in [-0.05, 0) is 54.4 Å². The lowest BCUT2D eigenvalue weighted by atomic mass is 9.86. The molecule has 4 nitrogen and oxygen atoms in total. The highest BCUT2D eigenvalue weighted by atomic mass is 35.5. The Morgan fingerprint density at radius 1 is 0.971 bits per heavy atom. The van der Waals surface area contributed by atoms with Crippen molar-refractivity contribution in [3.63, 3.8) is 0 Å². The Bertz CT molecular complexity index is 1040. The topological polar surface area (TPSA) is 35.6 Å². The van der Waals surface area contributed by atoms with Gasteiger partial charge in [-0.2, -0.15) is 26.3 Å². The summed E-state index contributed by atoms with van der Waals surface area (Å²) in [6, 6.07) is 5.69. The number of hydrogen-bond acceptors (Lipinski definition) is 2. The normalized spacial score (nSPS) is 18.9. The zero-order chi connectivity index (χ0) is 26.1. The number of urea groups is 1. The largest absolute Gasteiger partial charge is 0.416 e. The van der Waals surface area contributed by atoms with Crippen LogP contribution in [0.15, 0.2) is 36.4 Å².